The number of ether oxygens (including phenoxy) is 1. The number of hydrogen-bond donors (Lipinski definition) is 0. The van der Waals surface area contributed by atoms with E-state index in [9.17, 15) is 8.42 Å². The number of aryl methyl sites for hydroxylation is 2. The van der Waals surface area contributed by atoms with Crippen LogP contribution < -0.4 is 0 Å². The van der Waals surface area contributed by atoms with Gasteiger partial charge >= 0.3 is 0 Å². The fourth-order valence-corrected chi connectivity index (χ4v) is 4.75. The predicted octanol–water partition coefficient (Wildman–Crippen LogP) is 0.282. The van der Waals surface area contributed by atoms with Crippen molar-refractivity contribution in [2.45, 2.75) is 30.3 Å². The first-order valence-corrected chi connectivity index (χ1v) is 7.51. The lowest BCUT2D eigenvalue weighted by Crippen LogP contribution is -2.50. The molecular weight excluding hydrogens is 254 g/mol. The molecule has 1 spiro atoms. The molecule has 0 bridgehead atoms. The van der Waals surface area contributed by atoms with Gasteiger partial charge < -0.3 is 4.74 Å². The fraction of sp³-hybridized carbons (Fsp3) is 0.727. The molecule has 1 saturated carbocycles. The Hall–Kier alpha value is -0.920. The van der Waals surface area contributed by atoms with Crippen LogP contribution in [0.2, 0.25) is 0 Å². The molecule has 6 nitrogen and oxygen atoms in total. The average Bonchev–Trinajstić information content (AvgIpc) is 2.97. The van der Waals surface area contributed by atoms with E-state index in [4.69, 9.17) is 4.74 Å². The van der Waals surface area contributed by atoms with Crippen LogP contribution in [0.4, 0.5) is 0 Å². The number of morpholine rings is 1. The summed E-state index contributed by atoms with van der Waals surface area (Å²) >= 11 is 0. The highest BCUT2D eigenvalue weighted by Crippen LogP contribution is 2.46. The molecule has 2 fully saturated rings. The lowest BCUT2D eigenvalue weighted by atomic mass is 10.2. The highest BCUT2D eigenvalue weighted by atomic mass is 32.2. The Morgan fingerprint density at radius 2 is 2.17 bits per heavy atom. The van der Waals surface area contributed by atoms with Crippen LogP contribution in [0, 0.1) is 6.92 Å². The summed E-state index contributed by atoms with van der Waals surface area (Å²) in [6.45, 7) is 3.20. The summed E-state index contributed by atoms with van der Waals surface area (Å²) in [5.41, 5.74) is 0.410. The second-order valence-electron chi connectivity index (χ2n) is 5.11. The zero-order valence-electron chi connectivity index (χ0n) is 10.6. The van der Waals surface area contributed by atoms with E-state index in [1.807, 2.05) is 0 Å². The summed E-state index contributed by atoms with van der Waals surface area (Å²) in [5, 5.41) is 4.33. The summed E-state index contributed by atoms with van der Waals surface area (Å²) in [4.78, 5) is 0. The zero-order chi connectivity index (χ0) is 13.0. The molecule has 2 heterocycles. The van der Waals surface area contributed by atoms with E-state index in [-0.39, 0.29) is 5.54 Å². The van der Waals surface area contributed by atoms with Crippen molar-refractivity contribution in [3.8, 4) is 0 Å². The maximum absolute atomic E-state index is 12.8. The first-order chi connectivity index (χ1) is 8.47. The molecule has 0 atom stereocenters. The van der Waals surface area contributed by atoms with Crippen LogP contribution >= 0.6 is 0 Å². The zero-order valence-corrected chi connectivity index (χ0v) is 11.4. The Balaban J connectivity index is 2.05. The van der Waals surface area contributed by atoms with Gasteiger partial charge in [-0.1, -0.05) is 0 Å². The molecule has 100 valence electrons. The minimum absolute atomic E-state index is 0.284. The molecule has 0 amide bonds. The Kier molecular flexibility index (Phi) is 2.55. The molecule has 1 aromatic heterocycles. The van der Waals surface area contributed by atoms with Crippen molar-refractivity contribution in [1.82, 2.24) is 14.1 Å². The number of rotatable bonds is 2. The molecule has 1 saturated heterocycles. The Labute approximate surface area is 107 Å². The van der Waals surface area contributed by atoms with Crippen LogP contribution in [0.3, 0.4) is 0 Å². The minimum Gasteiger partial charge on any atom is -0.378 e. The van der Waals surface area contributed by atoms with E-state index in [1.165, 1.54) is 4.68 Å². The molecule has 0 radical (unpaired) electrons. The molecule has 1 aromatic rings. The number of aromatic nitrogens is 2. The SMILES string of the molecule is Cc1cnn(C)c1S(=O)(=O)N1CCOCC12CC2. The summed E-state index contributed by atoms with van der Waals surface area (Å²) in [7, 11) is -1.80. The van der Waals surface area contributed by atoms with Gasteiger partial charge in [-0.25, -0.2) is 8.42 Å². The molecule has 0 unspecified atom stereocenters. The highest BCUT2D eigenvalue weighted by Gasteiger charge is 2.55. The van der Waals surface area contributed by atoms with Gasteiger partial charge in [0.1, 0.15) is 0 Å². The van der Waals surface area contributed by atoms with E-state index >= 15 is 0 Å². The number of nitrogens with zero attached hydrogens (tertiary/aromatic N) is 3. The van der Waals surface area contributed by atoms with E-state index in [0.717, 1.165) is 12.8 Å². The second-order valence-corrected chi connectivity index (χ2v) is 6.89. The monoisotopic (exact) mass is 271 g/mol. The molecular formula is C11H17N3O3S. The van der Waals surface area contributed by atoms with Crippen LogP contribution in [-0.4, -0.2) is 47.8 Å². The molecule has 0 N–H and O–H groups in total. The van der Waals surface area contributed by atoms with E-state index in [0.29, 0.717) is 30.3 Å². The van der Waals surface area contributed by atoms with Crippen LogP contribution in [0.15, 0.2) is 11.2 Å². The molecule has 18 heavy (non-hydrogen) atoms. The van der Waals surface area contributed by atoms with Gasteiger partial charge in [0.2, 0.25) is 0 Å². The molecule has 0 aromatic carbocycles. The van der Waals surface area contributed by atoms with Crippen LogP contribution in [0.1, 0.15) is 18.4 Å². The number of hydrogen-bond acceptors (Lipinski definition) is 4. The Morgan fingerprint density at radius 3 is 2.72 bits per heavy atom. The van der Waals surface area contributed by atoms with Crippen molar-refractivity contribution >= 4 is 10.0 Å². The summed E-state index contributed by atoms with van der Waals surface area (Å²) < 4.78 is 34.0. The highest BCUT2D eigenvalue weighted by molar-refractivity contribution is 7.89. The third kappa shape index (κ3) is 1.61. The normalized spacial score (nSPS) is 23.4. The minimum atomic E-state index is -3.47. The van der Waals surface area contributed by atoms with Crippen LogP contribution in [0.5, 0.6) is 0 Å². The first-order valence-electron chi connectivity index (χ1n) is 6.07. The van der Waals surface area contributed by atoms with Crippen molar-refractivity contribution < 1.29 is 13.2 Å². The Bertz CT molecular complexity index is 555. The van der Waals surface area contributed by atoms with Crippen molar-refractivity contribution in [3.05, 3.63) is 11.8 Å². The van der Waals surface area contributed by atoms with Crippen molar-refractivity contribution in [3.63, 3.8) is 0 Å². The topological polar surface area (TPSA) is 64.4 Å². The summed E-state index contributed by atoms with van der Waals surface area (Å²) in [5.74, 6) is 0. The molecule has 7 heteroatoms. The lowest BCUT2D eigenvalue weighted by molar-refractivity contribution is 0.0211. The van der Waals surface area contributed by atoms with Crippen LogP contribution in [-0.2, 0) is 21.8 Å². The molecule has 2 aliphatic rings. The number of sulfonamides is 1. The van der Waals surface area contributed by atoms with Gasteiger partial charge in [0.05, 0.1) is 24.9 Å². The first kappa shape index (κ1) is 12.1. The van der Waals surface area contributed by atoms with Gasteiger partial charge in [-0.05, 0) is 19.8 Å². The van der Waals surface area contributed by atoms with Gasteiger partial charge in [-0.2, -0.15) is 9.40 Å². The lowest BCUT2D eigenvalue weighted by Gasteiger charge is -2.34. The predicted molar refractivity (Wildman–Crippen MR) is 64.6 cm³/mol. The van der Waals surface area contributed by atoms with E-state index in [2.05, 4.69) is 5.10 Å². The standard InChI is InChI=1S/C11H17N3O3S/c1-9-7-12-13(2)10(9)18(15,16)14-5-6-17-8-11(14)3-4-11/h7H,3-6,8H2,1-2H3. The van der Waals surface area contributed by atoms with Crippen molar-refractivity contribution in [1.29, 1.82) is 0 Å². The molecule has 1 aliphatic carbocycles. The smallest absolute Gasteiger partial charge is 0.261 e. The molecule has 1 aliphatic heterocycles. The van der Waals surface area contributed by atoms with Gasteiger partial charge in [0.25, 0.3) is 10.0 Å². The summed E-state index contributed by atoms with van der Waals surface area (Å²) in [6, 6.07) is 0. The van der Waals surface area contributed by atoms with Crippen molar-refractivity contribution in [2.24, 2.45) is 7.05 Å². The summed E-state index contributed by atoms with van der Waals surface area (Å²) in [6.07, 6.45) is 3.37. The largest absolute Gasteiger partial charge is 0.378 e. The Morgan fingerprint density at radius 1 is 1.44 bits per heavy atom. The van der Waals surface area contributed by atoms with Gasteiger partial charge in [-0.3, -0.25) is 4.68 Å². The van der Waals surface area contributed by atoms with Gasteiger partial charge in [-0.15, -0.1) is 0 Å². The maximum atomic E-state index is 12.8. The quantitative estimate of drug-likeness (QED) is 0.775. The maximum Gasteiger partial charge on any atom is 0.261 e. The average molecular weight is 271 g/mol. The second kappa shape index (κ2) is 3.79. The van der Waals surface area contributed by atoms with Gasteiger partial charge in [0, 0.05) is 19.2 Å². The molecule has 3 rings (SSSR count). The van der Waals surface area contributed by atoms with E-state index < -0.39 is 10.0 Å². The third-order valence-electron chi connectivity index (χ3n) is 3.76. The van der Waals surface area contributed by atoms with Gasteiger partial charge in [0.15, 0.2) is 5.03 Å². The van der Waals surface area contributed by atoms with E-state index in [1.54, 1.807) is 24.5 Å². The third-order valence-corrected chi connectivity index (χ3v) is 5.98. The van der Waals surface area contributed by atoms with Crippen LogP contribution in [0.25, 0.3) is 0 Å². The van der Waals surface area contributed by atoms with Crippen molar-refractivity contribution in [2.75, 3.05) is 19.8 Å². The fourth-order valence-electron chi connectivity index (χ4n) is 2.64.